The Morgan fingerprint density at radius 1 is 1.90 bits per heavy atom. The van der Waals surface area contributed by atoms with Gasteiger partial charge in [0.15, 0.2) is 0 Å². The SMILES string of the molecule is C=CC(=O)OCC1CCO1. The van der Waals surface area contributed by atoms with Gasteiger partial charge in [-0.15, -0.1) is 0 Å². The molecule has 0 aromatic rings. The number of rotatable bonds is 3. The Hall–Kier alpha value is -0.830. The molecule has 1 saturated heterocycles. The lowest BCUT2D eigenvalue weighted by molar-refractivity contribution is -0.148. The van der Waals surface area contributed by atoms with Crippen LogP contribution in [0.3, 0.4) is 0 Å². The zero-order chi connectivity index (χ0) is 7.40. The fourth-order valence-electron chi connectivity index (χ4n) is 0.650. The average Bonchev–Trinajstić information content (AvgIpc) is 1.84. The lowest BCUT2D eigenvalue weighted by Gasteiger charge is -2.25. The number of ether oxygens (including phenoxy) is 2. The number of carbonyl (C=O) groups is 1. The minimum atomic E-state index is -0.379. The Balaban J connectivity index is 2.03. The molecule has 10 heavy (non-hydrogen) atoms. The van der Waals surface area contributed by atoms with Crippen LogP contribution in [0.1, 0.15) is 6.42 Å². The standard InChI is InChI=1S/C7H10O3/c1-2-7(8)10-5-6-3-4-9-6/h2,6H,1,3-5H2. The van der Waals surface area contributed by atoms with Gasteiger partial charge in [-0.3, -0.25) is 0 Å². The molecular formula is C7H10O3. The molecule has 1 rings (SSSR count). The second-order valence-corrected chi connectivity index (χ2v) is 2.12. The van der Waals surface area contributed by atoms with Crippen molar-refractivity contribution in [2.24, 2.45) is 0 Å². The molecular weight excluding hydrogens is 132 g/mol. The molecule has 56 valence electrons. The first-order valence-electron chi connectivity index (χ1n) is 3.23. The van der Waals surface area contributed by atoms with Crippen LogP contribution in [0.2, 0.25) is 0 Å². The fraction of sp³-hybridized carbons (Fsp3) is 0.571. The highest BCUT2D eigenvalue weighted by Crippen LogP contribution is 2.10. The Morgan fingerprint density at radius 3 is 3.00 bits per heavy atom. The van der Waals surface area contributed by atoms with Crippen molar-refractivity contribution < 1.29 is 14.3 Å². The van der Waals surface area contributed by atoms with Crippen molar-refractivity contribution in [2.45, 2.75) is 12.5 Å². The van der Waals surface area contributed by atoms with Crippen molar-refractivity contribution in [3.05, 3.63) is 12.7 Å². The Kier molecular flexibility index (Phi) is 2.45. The smallest absolute Gasteiger partial charge is 0.330 e. The van der Waals surface area contributed by atoms with E-state index >= 15 is 0 Å². The van der Waals surface area contributed by atoms with Gasteiger partial charge in [-0.1, -0.05) is 6.58 Å². The van der Waals surface area contributed by atoms with Crippen LogP contribution in [0.25, 0.3) is 0 Å². The summed E-state index contributed by atoms with van der Waals surface area (Å²) in [6, 6.07) is 0. The highest BCUT2D eigenvalue weighted by Gasteiger charge is 2.18. The Labute approximate surface area is 59.6 Å². The van der Waals surface area contributed by atoms with E-state index in [1.165, 1.54) is 0 Å². The molecule has 0 spiro atoms. The van der Waals surface area contributed by atoms with Gasteiger partial charge in [0.25, 0.3) is 0 Å². The van der Waals surface area contributed by atoms with Gasteiger partial charge >= 0.3 is 5.97 Å². The Bertz CT molecular complexity index is 138. The first-order chi connectivity index (χ1) is 4.83. The number of hydrogen-bond acceptors (Lipinski definition) is 3. The number of esters is 1. The molecule has 0 aromatic heterocycles. The van der Waals surface area contributed by atoms with E-state index in [9.17, 15) is 4.79 Å². The van der Waals surface area contributed by atoms with Crippen LogP contribution in [-0.4, -0.2) is 25.3 Å². The van der Waals surface area contributed by atoms with Crippen LogP contribution in [0.15, 0.2) is 12.7 Å². The highest BCUT2D eigenvalue weighted by molar-refractivity contribution is 5.81. The maximum absolute atomic E-state index is 10.5. The molecule has 0 saturated carbocycles. The zero-order valence-corrected chi connectivity index (χ0v) is 5.71. The molecule has 0 amide bonds. The van der Waals surface area contributed by atoms with Crippen molar-refractivity contribution >= 4 is 5.97 Å². The van der Waals surface area contributed by atoms with E-state index in [-0.39, 0.29) is 12.1 Å². The highest BCUT2D eigenvalue weighted by atomic mass is 16.6. The molecule has 0 aromatic carbocycles. The minimum Gasteiger partial charge on any atom is -0.460 e. The quantitative estimate of drug-likeness (QED) is 0.425. The topological polar surface area (TPSA) is 35.5 Å². The summed E-state index contributed by atoms with van der Waals surface area (Å²) in [6.45, 7) is 4.42. The van der Waals surface area contributed by atoms with Crippen LogP contribution in [0.4, 0.5) is 0 Å². The van der Waals surface area contributed by atoms with Gasteiger partial charge in [-0.05, 0) is 0 Å². The molecule has 1 heterocycles. The third-order valence-corrected chi connectivity index (χ3v) is 1.37. The summed E-state index contributed by atoms with van der Waals surface area (Å²) in [6.07, 6.45) is 2.27. The summed E-state index contributed by atoms with van der Waals surface area (Å²) in [5.41, 5.74) is 0. The van der Waals surface area contributed by atoms with E-state index in [4.69, 9.17) is 9.47 Å². The average molecular weight is 142 g/mol. The van der Waals surface area contributed by atoms with E-state index in [2.05, 4.69) is 6.58 Å². The Morgan fingerprint density at radius 2 is 2.60 bits per heavy atom. The van der Waals surface area contributed by atoms with Crippen molar-refractivity contribution in [1.82, 2.24) is 0 Å². The van der Waals surface area contributed by atoms with Crippen LogP contribution >= 0.6 is 0 Å². The molecule has 0 radical (unpaired) electrons. The van der Waals surface area contributed by atoms with Crippen molar-refractivity contribution in [2.75, 3.05) is 13.2 Å². The maximum atomic E-state index is 10.5. The van der Waals surface area contributed by atoms with Gasteiger partial charge in [0, 0.05) is 19.1 Å². The minimum absolute atomic E-state index is 0.129. The van der Waals surface area contributed by atoms with Crippen molar-refractivity contribution in [3.63, 3.8) is 0 Å². The number of hydrogen-bond donors (Lipinski definition) is 0. The third kappa shape index (κ3) is 1.84. The molecule has 0 bridgehead atoms. The summed E-state index contributed by atoms with van der Waals surface area (Å²) in [7, 11) is 0. The molecule has 3 heteroatoms. The third-order valence-electron chi connectivity index (χ3n) is 1.37. The van der Waals surface area contributed by atoms with E-state index in [0.29, 0.717) is 6.61 Å². The summed E-state index contributed by atoms with van der Waals surface area (Å²) >= 11 is 0. The monoisotopic (exact) mass is 142 g/mol. The predicted molar refractivity (Wildman–Crippen MR) is 35.5 cm³/mol. The molecule has 1 atom stereocenters. The van der Waals surface area contributed by atoms with Crippen LogP contribution < -0.4 is 0 Å². The molecule has 3 nitrogen and oxygen atoms in total. The molecule has 1 fully saturated rings. The first kappa shape index (κ1) is 7.28. The van der Waals surface area contributed by atoms with Gasteiger partial charge in [-0.2, -0.15) is 0 Å². The largest absolute Gasteiger partial charge is 0.460 e. The van der Waals surface area contributed by atoms with Crippen LogP contribution in [0, 0.1) is 0 Å². The summed E-state index contributed by atoms with van der Waals surface area (Å²) in [4.78, 5) is 10.5. The number of carbonyl (C=O) groups excluding carboxylic acids is 1. The van der Waals surface area contributed by atoms with Crippen LogP contribution in [0.5, 0.6) is 0 Å². The summed E-state index contributed by atoms with van der Waals surface area (Å²) in [5.74, 6) is -0.379. The van der Waals surface area contributed by atoms with Gasteiger partial charge < -0.3 is 9.47 Å². The molecule has 1 aliphatic rings. The van der Waals surface area contributed by atoms with E-state index in [1.54, 1.807) is 0 Å². The predicted octanol–water partition coefficient (Wildman–Crippen LogP) is 0.504. The van der Waals surface area contributed by atoms with E-state index < -0.39 is 0 Å². The lowest BCUT2D eigenvalue weighted by Crippen LogP contribution is -2.32. The normalized spacial score (nSPS) is 23.0. The lowest BCUT2D eigenvalue weighted by atomic mass is 10.2. The van der Waals surface area contributed by atoms with Gasteiger partial charge in [0.2, 0.25) is 0 Å². The van der Waals surface area contributed by atoms with E-state index in [1.807, 2.05) is 0 Å². The fourth-order valence-corrected chi connectivity index (χ4v) is 0.650. The van der Waals surface area contributed by atoms with Crippen molar-refractivity contribution in [1.29, 1.82) is 0 Å². The molecule has 1 aliphatic heterocycles. The molecule has 0 N–H and O–H groups in total. The summed E-state index contributed by atoms with van der Waals surface area (Å²) in [5, 5.41) is 0. The zero-order valence-electron chi connectivity index (χ0n) is 5.71. The van der Waals surface area contributed by atoms with Gasteiger partial charge in [-0.25, -0.2) is 4.79 Å². The second-order valence-electron chi connectivity index (χ2n) is 2.12. The summed E-state index contributed by atoms with van der Waals surface area (Å²) < 4.78 is 9.73. The molecule has 0 aliphatic carbocycles. The van der Waals surface area contributed by atoms with Crippen molar-refractivity contribution in [3.8, 4) is 0 Å². The van der Waals surface area contributed by atoms with E-state index in [0.717, 1.165) is 19.1 Å². The molecule has 1 unspecified atom stereocenters. The van der Waals surface area contributed by atoms with Crippen LogP contribution in [-0.2, 0) is 14.3 Å². The maximum Gasteiger partial charge on any atom is 0.330 e. The first-order valence-corrected chi connectivity index (χ1v) is 3.23. The van der Waals surface area contributed by atoms with Gasteiger partial charge in [0.05, 0.1) is 6.10 Å². The van der Waals surface area contributed by atoms with Gasteiger partial charge in [0.1, 0.15) is 6.61 Å². The second kappa shape index (κ2) is 3.37.